The van der Waals surface area contributed by atoms with E-state index in [1.807, 2.05) is 11.4 Å². The van der Waals surface area contributed by atoms with Crippen LogP contribution in [0.25, 0.3) is 11.1 Å². The van der Waals surface area contributed by atoms with Crippen molar-refractivity contribution in [2.75, 3.05) is 13.1 Å². The van der Waals surface area contributed by atoms with Gasteiger partial charge in [-0.1, -0.05) is 6.07 Å². The lowest BCUT2D eigenvalue weighted by Crippen LogP contribution is -2.40. The van der Waals surface area contributed by atoms with E-state index in [2.05, 4.69) is 4.98 Å². The molecule has 9 heteroatoms. The number of carbonyl (C=O) groups is 1. The summed E-state index contributed by atoms with van der Waals surface area (Å²) in [4.78, 5) is 27.0. The number of aromatic nitrogens is 1. The number of Topliss-reactive ketones (excluding diaryl/α,β-unsaturated/α-hetero) is 1. The average molecular weight is 392 g/mol. The third-order valence-electron chi connectivity index (χ3n) is 4.62. The van der Waals surface area contributed by atoms with Gasteiger partial charge in [0.15, 0.2) is 11.4 Å². The van der Waals surface area contributed by atoms with E-state index in [0.717, 1.165) is 4.88 Å². The number of aromatic amines is 1. The van der Waals surface area contributed by atoms with Crippen LogP contribution in [0.15, 0.2) is 49.8 Å². The Morgan fingerprint density at radius 2 is 2.00 bits per heavy atom. The largest absolute Gasteiger partial charge is 0.417 e. The number of ketones is 1. The zero-order chi connectivity index (χ0) is 18.3. The maximum atomic E-state index is 12.9. The van der Waals surface area contributed by atoms with E-state index < -0.39 is 15.8 Å². The lowest BCUT2D eigenvalue weighted by atomic mass is 9.93. The summed E-state index contributed by atoms with van der Waals surface area (Å²) in [5.74, 6) is -0.680. The van der Waals surface area contributed by atoms with Gasteiger partial charge < -0.3 is 4.42 Å². The molecule has 3 heterocycles. The maximum absolute atomic E-state index is 12.9. The molecule has 0 atom stereocenters. The zero-order valence-corrected chi connectivity index (χ0v) is 15.3. The topological polar surface area (TPSA) is 100 Å². The summed E-state index contributed by atoms with van der Waals surface area (Å²) in [5, 5.41) is 1.86. The minimum absolute atomic E-state index is 0.0794. The Balaban J connectivity index is 1.52. The van der Waals surface area contributed by atoms with E-state index in [-0.39, 0.29) is 22.2 Å². The van der Waals surface area contributed by atoms with E-state index in [0.29, 0.717) is 31.4 Å². The fourth-order valence-corrected chi connectivity index (χ4v) is 5.44. The highest BCUT2D eigenvalue weighted by molar-refractivity contribution is 7.89. The van der Waals surface area contributed by atoms with Crippen LogP contribution in [0.1, 0.15) is 22.5 Å². The van der Waals surface area contributed by atoms with Gasteiger partial charge in [0, 0.05) is 25.1 Å². The Kier molecular flexibility index (Phi) is 4.29. The van der Waals surface area contributed by atoms with Gasteiger partial charge in [-0.25, -0.2) is 13.2 Å². The van der Waals surface area contributed by atoms with Crippen molar-refractivity contribution in [2.24, 2.45) is 5.92 Å². The standard InChI is InChI=1S/C17H16N2O5S2/c20-16(15-2-1-9-25-15)11-5-7-19(8-6-11)26(22,23)12-3-4-13-14(10-12)24-17(21)18-13/h1-4,9-11H,5-8H2,(H,18,21). The summed E-state index contributed by atoms with van der Waals surface area (Å²) >= 11 is 1.41. The molecule has 1 fully saturated rings. The number of piperidine rings is 1. The molecule has 0 saturated carbocycles. The van der Waals surface area contributed by atoms with E-state index >= 15 is 0 Å². The van der Waals surface area contributed by atoms with E-state index in [1.165, 1.54) is 33.8 Å². The molecule has 0 amide bonds. The molecule has 3 aromatic rings. The van der Waals surface area contributed by atoms with Crippen LogP contribution < -0.4 is 5.76 Å². The molecular formula is C17H16N2O5S2. The summed E-state index contributed by atoms with van der Waals surface area (Å²) in [5.41, 5.74) is 0.660. The lowest BCUT2D eigenvalue weighted by Gasteiger charge is -2.30. The Bertz CT molecular complexity index is 1100. The third kappa shape index (κ3) is 3.02. The molecule has 7 nitrogen and oxygen atoms in total. The summed E-state index contributed by atoms with van der Waals surface area (Å²) in [6.07, 6.45) is 0.995. The van der Waals surface area contributed by atoms with Gasteiger partial charge in [-0.05, 0) is 36.4 Å². The van der Waals surface area contributed by atoms with Crippen LogP contribution in [0.5, 0.6) is 0 Å². The number of thiophene rings is 1. The normalized spacial score (nSPS) is 16.9. The molecule has 1 saturated heterocycles. The SMILES string of the molecule is O=C(c1cccs1)C1CCN(S(=O)(=O)c2ccc3[nH]c(=O)oc3c2)CC1. The number of nitrogens with one attached hydrogen (secondary N) is 1. The zero-order valence-electron chi connectivity index (χ0n) is 13.7. The van der Waals surface area contributed by atoms with Crippen molar-refractivity contribution >= 4 is 38.2 Å². The van der Waals surface area contributed by atoms with Crippen molar-refractivity contribution in [3.63, 3.8) is 0 Å². The number of hydrogen-bond acceptors (Lipinski definition) is 6. The van der Waals surface area contributed by atoms with E-state index in [1.54, 1.807) is 6.07 Å². The molecule has 0 radical (unpaired) electrons. The van der Waals surface area contributed by atoms with Crippen molar-refractivity contribution in [3.05, 3.63) is 51.1 Å². The summed E-state index contributed by atoms with van der Waals surface area (Å²) < 4.78 is 32.0. The van der Waals surface area contributed by atoms with Crippen molar-refractivity contribution in [2.45, 2.75) is 17.7 Å². The first kappa shape index (κ1) is 17.2. The number of nitrogens with zero attached hydrogens (tertiary/aromatic N) is 1. The number of benzene rings is 1. The monoisotopic (exact) mass is 392 g/mol. The van der Waals surface area contributed by atoms with Crippen molar-refractivity contribution in [1.82, 2.24) is 9.29 Å². The first-order valence-corrected chi connectivity index (χ1v) is 10.5. The van der Waals surface area contributed by atoms with Gasteiger partial charge in [0.25, 0.3) is 0 Å². The van der Waals surface area contributed by atoms with Crippen LogP contribution in [0.3, 0.4) is 0 Å². The molecule has 136 valence electrons. The molecular weight excluding hydrogens is 376 g/mol. The van der Waals surface area contributed by atoms with Gasteiger partial charge in [0.05, 0.1) is 15.3 Å². The highest BCUT2D eigenvalue weighted by atomic mass is 32.2. The molecule has 4 rings (SSSR count). The second-order valence-electron chi connectivity index (χ2n) is 6.19. The van der Waals surface area contributed by atoms with Crippen molar-refractivity contribution in [3.8, 4) is 0 Å². The molecule has 0 unspecified atom stereocenters. The summed E-state index contributed by atoms with van der Waals surface area (Å²) in [7, 11) is -3.70. The van der Waals surface area contributed by atoms with Gasteiger partial charge in [-0.2, -0.15) is 4.31 Å². The molecule has 1 aliphatic rings. The number of H-pyrrole nitrogens is 1. The molecule has 0 spiro atoms. The first-order chi connectivity index (χ1) is 12.4. The second-order valence-corrected chi connectivity index (χ2v) is 9.08. The predicted octanol–water partition coefficient (Wildman–Crippen LogP) is 2.47. The Morgan fingerprint density at radius 1 is 1.23 bits per heavy atom. The summed E-state index contributed by atoms with van der Waals surface area (Å²) in [6.45, 7) is 0.582. The molecule has 1 aromatic carbocycles. The van der Waals surface area contributed by atoms with Crippen LogP contribution in [0, 0.1) is 5.92 Å². The van der Waals surface area contributed by atoms with Gasteiger partial charge in [0.2, 0.25) is 10.0 Å². The minimum Gasteiger partial charge on any atom is -0.408 e. The fraction of sp³-hybridized carbons (Fsp3) is 0.294. The molecule has 1 aliphatic heterocycles. The van der Waals surface area contributed by atoms with Crippen LogP contribution in [0.4, 0.5) is 0 Å². The van der Waals surface area contributed by atoms with Gasteiger partial charge >= 0.3 is 5.76 Å². The molecule has 0 bridgehead atoms. The highest BCUT2D eigenvalue weighted by Crippen LogP contribution is 2.28. The first-order valence-electron chi connectivity index (χ1n) is 8.16. The Hall–Kier alpha value is -2.23. The molecule has 2 aromatic heterocycles. The van der Waals surface area contributed by atoms with E-state index in [9.17, 15) is 18.0 Å². The lowest BCUT2D eigenvalue weighted by molar-refractivity contribution is 0.0879. The maximum Gasteiger partial charge on any atom is 0.417 e. The van der Waals surface area contributed by atoms with Crippen LogP contribution >= 0.6 is 11.3 Å². The predicted molar refractivity (Wildman–Crippen MR) is 97.0 cm³/mol. The second kappa shape index (κ2) is 6.49. The number of fused-ring (bicyclic) bond motifs is 1. The Labute approximate surface area is 153 Å². The van der Waals surface area contributed by atoms with Gasteiger partial charge in [0.1, 0.15) is 0 Å². The van der Waals surface area contributed by atoms with Crippen molar-refractivity contribution in [1.29, 1.82) is 0 Å². The van der Waals surface area contributed by atoms with Crippen LogP contribution in [-0.2, 0) is 10.0 Å². The smallest absolute Gasteiger partial charge is 0.408 e. The average Bonchev–Trinajstić information content (AvgIpc) is 3.29. The minimum atomic E-state index is -3.70. The fourth-order valence-electron chi connectivity index (χ4n) is 3.21. The number of rotatable bonds is 4. The van der Waals surface area contributed by atoms with Gasteiger partial charge in [-0.15, -0.1) is 11.3 Å². The number of carbonyl (C=O) groups excluding carboxylic acids is 1. The van der Waals surface area contributed by atoms with Crippen LogP contribution in [-0.4, -0.2) is 36.6 Å². The van der Waals surface area contributed by atoms with E-state index in [4.69, 9.17) is 4.42 Å². The third-order valence-corrected chi connectivity index (χ3v) is 7.40. The molecule has 0 aliphatic carbocycles. The number of hydrogen-bond donors (Lipinski definition) is 1. The highest BCUT2D eigenvalue weighted by Gasteiger charge is 2.32. The van der Waals surface area contributed by atoms with Crippen molar-refractivity contribution < 1.29 is 17.6 Å². The number of sulfonamides is 1. The number of oxazole rings is 1. The molecule has 26 heavy (non-hydrogen) atoms. The Morgan fingerprint density at radius 3 is 2.69 bits per heavy atom. The summed E-state index contributed by atoms with van der Waals surface area (Å²) in [6, 6.07) is 7.96. The molecule has 1 N–H and O–H groups in total. The quantitative estimate of drug-likeness (QED) is 0.688. The van der Waals surface area contributed by atoms with Gasteiger partial charge in [-0.3, -0.25) is 9.78 Å². The van der Waals surface area contributed by atoms with Crippen LogP contribution in [0.2, 0.25) is 0 Å².